The highest BCUT2D eigenvalue weighted by Crippen LogP contribution is 2.25. The van der Waals surface area contributed by atoms with Crippen LogP contribution in [0.1, 0.15) is 42.5 Å². The number of carbonyl (C=O) groups excluding carboxylic acids is 2. The summed E-state index contributed by atoms with van der Waals surface area (Å²) in [6, 6.07) is 22.7. The first-order valence-electron chi connectivity index (χ1n) is 12.5. The van der Waals surface area contributed by atoms with E-state index in [0.29, 0.717) is 16.5 Å². The van der Waals surface area contributed by atoms with Crippen LogP contribution in [0.15, 0.2) is 72.8 Å². The van der Waals surface area contributed by atoms with E-state index in [-0.39, 0.29) is 30.2 Å². The zero-order valence-electron chi connectivity index (χ0n) is 21.5. The molecule has 0 saturated carbocycles. The lowest BCUT2D eigenvalue weighted by Crippen LogP contribution is -2.52. The van der Waals surface area contributed by atoms with E-state index in [1.54, 1.807) is 28.8 Å². The van der Waals surface area contributed by atoms with Crippen molar-refractivity contribution in [3.63, 3.8) is 0 Å². The monoisotopic (exact) mass is 556 g/mol. The summed E-state index contributed by atoms with van der Waals surface area (Å²) < 4.78 is 0. The van der Waals surface area contributed by atoms with Crippen LogP contribution in [0.2, 0.25) is 10.0 Å². The van der Waals surface area contributed by atoms with Crippen LogP contribution in [0.4, 0.5) is 0 Å². The van der Waals surface area contributed by atoms with E-state index in [2.05, 4.69) is 30.4 Å². The molecular formula is C30H34Cl2N2O2S. The van der Waals surface area contributed by atoms with Crippen LogP contribution in [-0.2, 0) is 28.3 Å². The molecule has 0 aliphatic heterocycles. The molecule has 4 nitrogen and oxygen atoms in total. The van der Waals surface area contributed by atoms with Gasteiger partial charge >= 0.3 is 0 Å². The molecule has 0 spiro atoms. The normalized spacial score (nSPS) is 12.6. The molecule has 0 saturated heterocycles. The van der Waals surface area contributed by atoms with Gasteiger partial charge in [-0.25, -0.2) is 0 Å². The third-order valence-electron chi connectivity index (χ3n) is 6.19. The second kappa shape index (κ2) is 14.5. The quantitative estimate of drug-likeness (QED) is 0.259. The molecule has 2 amide bonds. The lowest BCUT2D eigenvalue weighted by Gasteiger charge is -2.32. The van der Waals surface area contributed by atoms with Gasteiger partial charge in [-0.1, -0.05) is 96.4 Å². The first-order chi connectivity index (χ1) is 17.8. The van der Waals surface area contributed by atoms with E-state index in [0.717, 1.165) is 23.3 Å². The van der Waals surface area contributed by atoms with Crippen LogP contribution < -0.4 is 5.32 Å². The summed E-state index contributed by atoms with van der Waals surface area (Å²) in [6.07, 6.45) is 1.22. The Hall–Kier alpha value is -2.47. The highest BCUT2D eigenvalue weighted by Gasteiger charge is 2.31. The summed E-state index contributed by atoms with van der Waals surface area (Å²) in [5.41, 5.74) is 4.17. The van der Waals surface area contributed by atoms with Crippen molar-refractivity contribution in [2.45, 2.75) is 58.0 Å². The zero-order valence-corrected chi connectivity index (χ0v) is 23.9. The summed E-state index contributed by atoms with van der Waals surface area (Å²) in [6.45, 7) is 6.31. The Bertz CT molecular complexity index is 1190. The molecule has 2 atom stereocenters. The summed E-state index contributed by atoms with van der Waals surface area (Å²) in [5.74, 6) is 0.729. The van der Waals surface area contributed by atoms with E-state index < -0.39 is 6.04 Å². The minimum Gasteiger partial charge on any atom is -0.352 e. The fourth-order valence-corrected chi connectivity index (χ4v) is 5.15. The van der Waals surface area contributed by atoms with E-state index >= 15 is 0 Å². The molecule has 3 aromatic carbocycles. The van der Waals surface area contributed by atoms with Crippen molar-refractivity contribution in [3.05, 3.63) is 105 Å². The van der Waals surface area contributed by atoms with Crippen LogP contribution in [0.3, 0.4) is 0 Å². The van der Waals surface area contributed by atoms with Crippen molar-refractivity contribution in [2.24, 2.45) is 0 Å². The molecule has 7 heteroatoms. The molecule has 0 bridgehead atoms. The molecule has 37 heavy (non-hydrogen) atoms. The Kier molecular flexibility index (Phi) is 11.4. The number of rotatable bonds is 12. The lowest BCUT2D eigenvalue weighted by molar-refractivity contribution is -0.139. The first-order valence-corrected chi connectivity index (χ1v) is 14.4. The van der Waals surface area contributed by atoms with Crippen molar-refractivity contribution in [1.82, 2.24) is 10.2 Å². The standard InChI is InChI=1S/C30H34Cl2N2O2S/c1-4-22(3)33-30(36)28(17-23-10-6-5-7-11-23)34(18-24-13-14-26(31)27(32)16-24)29(35)20-37-19-25-12-8-9-21(2)15-25/h5-16,22,28H,4,17-20H2,1-3H3,(H,33,36). The number of halogens is 2. The number of nitrogens with one attached hydrogen (secondary N) is 1. The average Bonchev–Trinajstić information content (AvgIpc) is 2.88. The number of hydrogen-bond acceptors (Lipinski definition) is 3. The molecule has 0 radical (unpaired) electrons. The van der Waals surface area contributed by atoms with Crippen LogP contribution in [0.25, 0.3) is 0 Å². The smallest absolute Gasteiger partial charge is 0.243 e. The molecule has 3 aromatic rings. The van der Waals surface area contributed by atoms with Gasteiger partial charge in [-0.2, -0.15) is 0 Å². The number of aryl methyl sites for hydroxylation is 1. The number of amides is 2. The zero-order chi connectivity index (χ0) is 26.8. The summed E-state index contributed by atoms with van der Waals surface area (Å²) >= 11 is 14.0. The van der Waals surface area contributed by atoms with Gasteiger partial charge in [-0.15, -0.1) is 11.8 Å². The van der Waals surface area contributed by atoms with Crippen molar-refractivity contribution in [1.29, 1.82) is 0 Å². The van der Waals surface area contributed by atoms with Gasteiger partial charge in [0.05, 0.1) is 15.8 Å². The van der Waals surface area contributed by atoms with E-state index in [9.17, 15) is 9.59 Å². The van der Waals surface area contributed by atoms with Gasteiger partial charge in [-0.05, 0) is 49.1 Å². The number of thioether (sulfide) groups is 1. The highest BCUT2D eigenvalue weighted by atomic mass is 35.5. The van der Waals surface area contributed by atoms with Crippen LogP contribution in [0, 0.1) is 6.92 Å². The summed E-state index contributed by atoms with van der Waals surface area (Å²) in [7, 11) is 0. The molecule has 2 unspecified atom stereocenters. The maximum atomic E-state index is 13.7. The first kappa shape index (κ1) is 29.1. The predicted octanol–water partition coefficient (Wildman–Crippen LogP) is 7.09. The van der Waals surface area contributed by atoms with Crippen molar-refractivity contribution in [3.8, 4) is 0 Å². The molecular weight excluding hydrogens is 523 g/mol. The fourth-order valence-electron chi connectivity index (χ4n) is 3.97. The second-order valence-corrected chi connectivity index (χ2v) is 11.1. The third-order valence-corrected chi connectivity index (χ3v) is 7.91. The number of benzene rings is 3. The van der Waals surface area contributed by atoms with Gasteiger partial charge in [0.2, 0.25) is 11.8 Å². The Morgan fingerprint density at radius 2 is 1.65 bits per heavy atom. The number of carbonyl (C=O) groups is 2. The molecule has 0 heterocycles. The van der Waals surface area contributed by atoms with Gasteiger partial charge < -0.3 is 10.2 Å². The molecule has 3 rings (SSSR count). The van der Waals surface area contributed by atoms with Gasteiger partial charge in [0, 0.05) is 24.8 Å². The number of hydrogen-bond donors (Lipinski definition) is 1. The van der Waals surface area contributed by atoms with Gasteiger partial charge in [0.1, 0.15) is 6.04 Å². The highest BCUT2D eigenvalue weighted by molar-refractivity contribution is 7.99. The fraction of sp³-hybridized carbons (Fsp3) is 0.333. The topological polar surface area (TPSA) is 49.4 Å². The summed E-state index contributed by atoms with van der Waals surface area (Å²) in [5, 5.41) is 3.96. The lowest BCUT2D eigenvalue weighted by atomic mass is 10.0. The summed E-state index contributed by atoms with van der Waals surface area (Å²) in [4.78, 5) is 28.9. The van der Waals surface area contributed by atoms with Crippen molar-refractivity contribution >= 4 is 46.8 Å². The minimum absolute atomic E-state index is 0.00315. The van der Waals surface area contributed by atoms with Crippen molar-refractivity contribution < 1.29 is 9.59 Å². The predicted molar refractivity (Wildman–Crippen MR) is 156 cm³/mol. The minimum atomic E-state index is -0.669. The number of nitrogens with zero attached hydrogens (tertiary/aromatic N) is 1. The SMILES string of the molecule is CCC(C)NC(=O)C(Cc1ccccc1)N(Cc1ccc(Cl)c(Cl)c1)C(=O)CSCc1cccc(C)c1. The van der Waals surface area contributed by atoms with E-state index in [4.69, 9.17) is 23.2 Å². The Labute approximate surface area is 234 Å². The molecule has 0 fully saturated rings. The van der Waals surface area contributed by atoms with Crippen LogP contribution in [0.5, 0.6) is 0 Å². The van der Waals surface area contributed by atoms with Gasteiger partial charge in [-0.3, -0.25) is 9.59 Å². The molecule has 0 aromatic heterocycles. The maximum absolute atomic E-state index is 13.7. The molecule has 196 valence electrons. The maximum Gasteiger partial charge on any atom is 0.243 e. The largest absolute Gasteiger partial charge is 0.352 e. The van der Waals surface area contributed by atoms with Crippen LogP contribution in [-0.4, -0.2) is 34.6 Å². The second-order valence-electron chi connectivity index (χ2n) is 9.28. The molecule has 0 aliphatic rings. The Balaban J connectivity index is 1.88. The van der Waals surface area contributed by atoms with E-state index in [1.807, 2.05) is 56.3 Å². The van der Waals surface area contributed by atoms with Gasteiger partial charge in [0.25, 0.3) is 0 Å². The average molecular weight is 558 g/mol. The van der Waals surface area contributed by atoms with Gasteiger partial charge in [0.15, 0.2) is 0 Å². The third kappa shape index (κ3) is 9.10. The Morgan fingerprint density at radius 1 is 0.919 bits per heavy atom. The molecule has 1 N–H and O–H groups in total. The Morgan fingerprint density at radius 3 is 2.32 bits per heavy atom. The van der Waals surface area contributed by atoms with E-state index in [1.165, 1.54) is 11.1 Å². The van der Waals surface area contributed by atoms with Crippen LogP contribution >= 0.6 is 35.0 Å². The van der Waals surface area contributed by atoms with Crippen molar-refractivity contribution in [2.75, 3.05) is 5.75 Å². The molecule has 0 aliphatic carbocycles.